The van der Waals surface area contributed by atoms with Crippen molar-refractivity contribution in [3.63, 3.8) is 0 Å². The van der Waals surface area contributed by atoms with Gasteiger partial charge in [0, 0.05) is 6.54 Å². The highest BCUT2D eigenvalue weighted by molar-refractivity contribution is 9.10. The van der Waals surface area contributed by atoms with Crippen molar-refractivity contribution in [2.24, 2.45) is 0 Å². The molecule has 1 aromatic rings. The molecule has 0 amide bonds. The van der Waals surface area contributed by atoms with Crippen LogP contribution < -0.4 is 0 Å². The summed E-state index contributed by atoms with van der Waals surface area (Å²) in [4.78, 5) is 12.3. The van der Waals surface area contributed by atoms with Crippen LogP contribution in [0.4, 0.5) is 0 Å². The molecule has 1 aromatic heterocycles. The van der Waals surface area contributed by atoms with Crippen molar-refractivity contribution >= 4 is 21.9 Å². The first-order valence-electron chi connectivity index (χ1n) is 4.41. The molecule has 15 heavy (non-hydrogen) atoms. The number of hydrogen-bond acceptors (Lipinski definition) is 3. The molecule has 0 aliphatic carbocycles. The summed E-state index contributed by atoms with van der Waals surface area (Å²) < 4.78 is 5.93. The average Bonchev–Trinajstić information content (AvgIpc) is 2.50. The molecule has 0 spiro atoms. The second-order valence-corrected chi connectivity index (χ2v) is 3.84. The molecule has 0 bridgehead atoms. The van der Waals surface area contributed by atoms with Crippen molar-refractivity contribution in [3.8, 4) is 0 Å². The van der Waals surface area contributed by atoms with Gasteiger partial charge in [0.2, 0.25) is 0 Å². The molecule has 0 atom stereocenters. The molecule has 0 aliphatic rings. The van der Waals surface area contributed by atoms with E-state index in [2.05, 4.69) is 22.5 Å². The number of carboxylic acid groups (broad SMARTS) is 1. The Morgan fingerprint density at radius 1 is 1.67 bits per heavy atom. The number of hydrogen-bond donors (Lipinski definition) is 1. The molecule has 0 saturated heterocycles. The van der Waals surface area contributed by atoms with Gasteiger partial charge in [-0.15, -0.1) is 6.58 Å². The molecule has 0 aliphatic heterocycles. The molecule has 0 aromatic carbocycles. The first-order valence-corrected chi connectivity index (χ1v) is 5.20. The highest BCUT2D eigenvalue weighted by atomic mass is 79.9. The molecule has 0 radical (unpaired) electrons. The van der Waals surface area contributed by atoms with Gasteiger partial charge in [-0.3, -0.25) is 9.69 Å². The van der Waals surface area contributed by atoms with Crippen LogP contribution in [0.15, 0.2) is 33.9 Å². The maximum absolute atomic E-state index is 10.6. The van der Waals surface area contributed by atoms with E-state index in [-0.39, 0.29) is 6.54 Å². The van der Waals surface area contributed by atoms with Crippen LogP contribution in [0.1, 0.15) is 5.76 Å². The summed E-state index contributed by atoms with van der Waals surface area (Å²) in [6.45, 7) is 4.54. The van der Waals surface area contributed by atoms with Crippen LogP contribution in [-0.2, 0) is 11.3 Å². The fourth-order valence-electron chi connectivity index (χ4n) is 1.22. The van der Waals surface area contributed by atoms with Gasteiger partial charge in [-0.2, -0.15) is 0 Å². The quantitative estimate of drug-likeness (QED) is 0.807. The second kappa shape index (κ2) is 5.72. The SMILES string of the molecule is C=CCN(CC(=O)O)Cc1ccc(Br)o1. The minimum absolute atomic E-state index is 0.0235. The molecule has 1 rings (SSSR count). The first-order chi connectivity index (χ1) is 7.11. The number of rotatable bonds is 6. The third-order valence-corrected chi connectivity index (χ3v) is 2.18. The van der Waals surface area contributed by atoms with E-state index in [4.69, 9.17) is 9.52 Å². The Balaban J connectivity index is 2.57. The fourth-order valence-corrected chi connectivity index (χ4v) is 1.56. The summed E-state index contributed by atoms with van der Waals surface area (Å²) in [5.41, 5.74) is 0. The van der Waals surface area contributed by atoms with E-state index >= 15 is 0 Å². The zero-order valence-corrected chi connectivity index (χ0v) is 9.74. The van der Waals surface area contributed by atoms with E-state index in [0.29, 0.717) is 17.8 Å². The molecule has 0 unspecified atom stereocenters. The van der Waals surface area contributed by atoms with Gasteiger partial charge in [0.25, 0.3) is 0 Å². The number of carboxylic acids is 1. The Kier molecular flexibility index (Phi) is 4.58. The second-order valence-electron chi connectivity index (χ2n) is 3.06. The zero-order chi connectivity index (χ0) is 11.3. The largest absolute Gasteiger partial charge is 0.480 e. The van der Waals surface area contributed by atoms with Crippen molar-refractivity contribution in [2.45, 2.75) is 6.54 Å². The summed E-state index contributed by atoms with van der Waals surface area (Å²) in [7, 11) is 0. The molecule has 0 fully saturated rings. The Morgan fingerprint density at radius 3 is 2.87 bits per heavy atom. The molecule has 0 saturated carbocycles. The Morgan fingerprint density at radius 2 is 2.40 bits per heavy atom. The Hall–Kier alpha value is -1.07. The van der Waals surface area contributed by atoms with Crippen LogP contribution >= 0.6 is 15.9 Å². The summed E-state index contributed by atoms with van der Waals surface area (Å²) in [6, 6.07) is 3.59. The van der Waals surface area contributed by atoms with Crippen molar-refractivity contribution in [1.29, 1.82) is 0 Å². The molecule has 5 heteroatoms. The van der Waals surface area contributed by atoms with Crippen LogP contribution in [0.3, 0.4) is 0 Å². The smallest absolute Gasteiger partial charge is 0.317 e. The standard InChI is InChI=1S/C10H12BrNO3/c1-2-5-12(7-10(13)14)6-8-3-4-9(11)15-8/h2-4H,1,5-7H2,(H,13,14). The Bertz CT molecular complexity index is 348. The van der Waals surface area contributed by atoms with Crippen molar-refractivity contribution < 1.29 is 14.3 Å². The zero-order valence-electron chi connectivity index (χ0n) is 8.15. The number of aliphatic carboxylic acids is 1. The summed E-state index contributed by atoms with van der Waals surface area (Å²) in [5.74, 6) is -0.132. The van der Waals surface area contributed by atoms with Gasteiger partial charge in [0.05, 0.1) is 13.1 Å². The van der Waals surface area contributed by atoms with Crippen LogP contribution in [0.2, 0.25) is 0 Å². The predicted molar refractivity (Wildman–Crippen MR) is 59.5 cm³/mol. The maximum atomic E-state index is 10.6. The van der Waals surface area contributed by atoms with Gasteiger partial charge < -0.3 is 9.52 Å². The van der Waals surface area contributed by atoms with E-state index < -0.39 is 5.97 Å². The van der Waals surface area contributed by atoms with Crippen LogP contribution in [-0.4, -0.2) is 29.1 Å². The van der Waals surface area contributed by atoms with Gasteiger partial charge in [0.15, 0.2) is 4.67 Å². The summed E-state index contributed by atoms with van der Waals surface area (Å²) in [5, 5.41) is 8.68. The summed E-state index contributed by atoms with van der Waals surface area (Å²) in [6.07, 6.45) is 1.67. The third kappa shape index (κ3) is 4.31. The van der Waals surface area contributed by atoms with E-state index in [9.17, 15) is 4.79 Å². The summed E-state index contributed by atoms with van der Waals surface area (Å²) >= 11 is 3.19. The monoisotopic (exact) mass is 273 g/mol. The van der Waals surface area contributed by atoms with E-state index in [0.717, 1.165) is 5.76 Å². The molecule has 1 N–H and O–H groups in total. The van der Waals surface area contributed by atoms with Crippen LogP contribution in [0.5, 0.6) is 0 Å². The molecular formula is C10H12BrNO3. The number of carbonyl (C=O) groups is 1. The molecule has 4 nitrogen and oxygen atoms in total. The van der Waals surface area contributed by atoms with Crippen molar-refractivity contribution in [1.82, 2.24) is 4.90 Å². The maximum Gasteiger partial charge on any atom is 0.317 e. The molecule has 1 heterocycles. The van der Waals surface area contributed by atoms with E-state index in [1.807, 2.05) is 6.07 Å². The van der Waals surface area contributed by atoms with Gasteiger partial charge in [-0.25, -0.2) is 0 Å². The van der Waals surface area contributed by atoms with Gasteiger partial charge in [0.1, 0.15) is 5.76 Å². The molecular weight excluding hydrogens is 262 g/mol. The lowest BCUT2D eigenvalue weighted by Gasteiger charge is -2.16. The lowest BCUT2D eigenvalue weighted by atomic mass is 10.4. The highest BCUT2D eigenvalue weighted by Crippen LogP contribution is 2.15. The number of halogens is 1. The number of furan rings is 1. The third-order valence-electron chi connectivity index (χ3n) is 1.75. The normalized spacial score (nSPS) is 10.5. The predicted octanol–water partition coefficient (Wildman–Crippen LogP) is 2.11. The lowest BCUT2D eigenvalue weighted by molar-refractivity contribution is -0.138. The average molecular weight is 274 g/mol. The minimum atomic E-state index is -0.859. The van der Waals surface area contributed by atoms with E-state index in [1.165, 1.54) is 0 Å². The Labute approximate surface area is 96.3 Å². The highest BCUT2D eigenvalue weighted by Gasteiger charge is 2.10. The van der Waals surface area contributed by atoms with Crippen LogP contribution in [0, 0.1) is 0 Å². The van der Waals surface area contributed by atoms with Gasteiger partial charge in [-0.05, 0) is 28.1 Å². The lowest BCUT2D eigenvalue weighted by Crippen LogP contribution is -2.29. The minimum Gasteiger partial charge on any atom is -0.480 e. The van der Waals surface area contributed by atoms with Gasteiger partial charge >= 0.3 is 5.97 Å². The number of nitrogens with zero attached hydrogens (tertiary/aromatic N) is 1. The van der Waals surface area contributed by atoms with Crippen LogP contribution in [0.25, 0.3) is 0 Å². The van der Waals surface area contributed by atoms with Gasteiger partial charge in [-0.1, -0.05) is 6.08 Å². The topological polar surface area (TPSA) is 53.7 Å². The van der Waals surface area contributed by atoms with E-state index in [1.54, 1.807) is 17.0 Å². The van der Waals surface area contributed by atoms with Crippen molar-refractivity contribution in [2.75, 3.05) is 13.1 Å². The fraction of sp³-hybridized carbons (Fsp3) is 0.300. The first kappa shape index (κ1) is 12.0. The van der Waals surface area contributed by atoms with Crippen molar-refractivity contribution in [3.05, 3.63) is 35.2 Å². The molecule has 82 valence electrons.